The lowest BCUT2D eigenvalue weighted by molar-refractivity contribution is -0.145. The fourth-order valence-electron chi connectivity index (χ4n) is 10.3. The smallest absolute Gasteiger partial charge is 0.233 e. The first-order valence-electron chi connectivity index (χ1n) is 24.4. The highest BCUT2D eigenvalue weighted by Crippen LogP contribution is 2.39. The maximum absolute atomic E-state index is 13.5. The second-order valence-corrected chi connectivity index (χ2v) is 19.3. The molecule has 5 fully saturated rings. The summed E-state index contributed by atoms with van der Waals surface area (Å²) in [5.41, 5.74) is 1.96. The molecule has 6 heterocycles. The fourth-order valence-corrected chi connectivity index (χ4v) is 10.3. The van der Waals surface area contributed by atoms with Gasteiger partial charge in [0.25, 0.3) is 0 Å². The fraction of sp³-hybridized carbons (Fsp3) is 0.667. The van der Waals surface area contributed by atoms with Crippen LogP contribution >= 0.6 is 0 Å². The van der Waals surface area contributed by atoms with Gasteiger partial charge in [-0.3, -0.25) is 4.79 Å². The number of likely N-dealkylation sites (N-methyl/N-ethyl adjacent to an activating group) is 3. The zero-order valence-electron chi connectivity index (χ0n) is 40.2. The van der Waals surface area contributed by atoms with Gasteiger partial charge in [-0.1, -0.05) is 24.3 Å². The number of morpholine rings is 1. The molecule has 3 aromatic rings. The summed E-state index contributed by atoms with van der Waals surface area (Å²) in [6.07, 6.45) is 11.7. The average molecular weight is 899 g/mol. The predicted molar refractivity (Wildman–Crippen MR) is 256 cm³/mol. The minimum Gasteiger partial charge on any atom is -0.494 e. The second kappa shape index (κ2) is 24.2. The summed E-state index contributed by atoms with van der Waals surface area (Å²) < 4.78 is 28.8. The number of benzene rings is 2. The molecule has 0 saturated carbocycles. The SMILES string of the molecule is CN(C)[C@@H]1CCN(CCCOc2ccc(C3(C(=O)N4CCOCC4)CCOCC3)cc2)C1.CN(CC1(c2ccc(OCCCN3CC[C@@H](N(C)C)C3)cc2)CCOCC1)c1ncccn1. The summed E-state index contributed by atoms with van der Waals surface area (Å²) in [6.45, 7) is 14.7. The van der Waals surface area contributed by atoms with E-state index in [2.05, 4.69) is 106 Å². The van der Waals surface area contributed by atoms with E-state index in [0.717, 1.165) is 108 Å². The van der Waals surface area contributed by atoms with Crippen LogP contribution in [0.25, 0.3) is 0 Å². The standard InChI is InChI=1S/C26H39N5O2.C25H39N3O4/c1-29(2)23-10-16-31(20-23)15-5-17-33-24-8-6-22(7-9-24)26(11-18-32-19-12-26)21-30(3)25-27-13-4-14-28-25;1-26(2)22-8-12-27(20-22)11-3-15-32-23-6-4-21(5-7-23)25(9-16-30-17-10-25)24(29)28-13-18-31-19-14-28/h4,6-9,13-14,23H,5,10-12,15-21H2,1-3H3;4-7,22H,3,8-20H2,1-2H3/t23-;22-/m11/s1. The average Bonchev–Trinajstić information content (AvgIpc) is 4.04. The lowest BCUT2D eigenvalue weighted by Crippen LogP contribution is -2.53. The molecule has 0 unspecified atom stereocenters. The summed E-state index contributed by atoms with van der Waals surface area (Å²) in [5.74, 6) is 2.81. The summed E-state index contributed by atoms with van der Waals surface area (Å²) >= 11 is 0. The van der Waals surface area contributed by atoms with E-state index < -0.39 is 5.41 Å². The number of ether oxygens (including phenoxy) is 5. The van der Waals surface area contributed by atoms with E-state index in [1.165, 1.54) is 38.0 Å². The molecule has 2 atom stereocenters. The maximum Gasteiger partial charge on any atom is 0.233 e. The third-order valence-corrected chi connectivity index (χ3v) is 14.5. The van der Waals surface area contributed by atoms with E-state index >= 15 is 0 Å². The maximum atomic E-state index is 13.5. The highest BCUT2D eigenvalue weighted by molar-refractivity contribution is 5.88. The van der Waals surface area contributed by atoms with Crippen molar-refractivity contribution >= 4 is 11.9 Å². The number of rotatable bonds is 18. The molecule has 14 heteroatoms. The molecular formula is C51H78N8O6. The van der Waals surface area contributed by atoms with E-state index in [1.807, 2.05) is 23.1 Å². The van der Waals surface area contributed by atoms with Crippen LogP contribution in [0, 0.1) is 0 Å². The molecule has 14 nitrogen and oxygen atoms in total. The topological polar surface area (TPSA) is 108 Å². The number of likely N-dealkylation sites (tertiary alicyclic amines) is 2. The van der Waals surface area contributed by atoms with Gasteiger partial charge in [0.15, 0.2) is 0 Å². The Kier molecular flexibility index (Phi) is 18.3. The molecule has 8 rings (SSSR count). The summed E-state index contributed by atoms with van der Waals surface area (Å²) in [6, 6.07) is 20.2. The van der Waals surface area contributed by atoms with Gasteiger partial charge in [0.05, 0.1) is 31.8 Å². The third-order valence-electron chi connectivity index (χ3n) is 14.5. The molecule has 0 aliphatic carbocycles. The van der Waals surface area contributed by atoms with E-state index in [0.29, 0.717) is 58.2 Å². The Labute approximate surface area is 389 Å². The Morgan fingerprint density at radius 1 is 0.646 bits per heavy atom. The molecule has 1 amide bonds. The van der Waals surface area contributed by atoms with E-state index in [-0.39, 0.29) is 11.3 Å². The van der Waals surface area contributed by atoms with Crippen LogP contribution in [-0.2, 0) is 29.8 Å². The largest absolute Gasteiger partial charge is 0.494 e. The number of hydrogen-bond donors (Lipinski definition) is 0. The molecule has 358 valence electrons. The number of carbonyl (C=O) groups is 1. The molecule has 0 spiro atoms. The van der Waals surface area contributed by atoms with Crippen LogP contribution in [0.1, 0.15) is 62.5 Å². The minimum absolute atomic E-state index is 0.0312. The van der Waals surface area contributed by atoms with Crippen LogP contribution in [0.2, 0.25) is 0 Å². The van der Waals surface area contributed by atoms with Crippen LogP contribution in [0.15, 0.2) is 67.0 Å². The molecule has 5 aliphatic rings. The predicted octanol–water partition coefficient (Wildman–Crippen LogP) is 5.06. The van der Waals surface area contributed by atoms with E-state index in [1.54, 1.807) is 12.4 Å². The Morgan fingerprint density at radius 3 is 1.62 bits per heavy atom. The van der Waals surface area contributed by atoms with Gasteiger partial charge < -0.3 is 53.1 Å². The van der Waals surface area contributed by atoms with Gasteiger partial charge in [0, 0.05) is 109 Å². The number of carbonyl (C=O) groups excluding carboxylic acids is 1. The Bertz CT molecular complexity index is 1840. The molecule has 2 aromatic carbocycles. The number of aromatic nitrogens is 2. The number of nitrogens with zero attached hydrogens (tertiary/aromatic N) is 8. The quantitative estimate of drug-likeness (QED) is 0.159. The Morgan fingerprint density at radius 2 is 1.12 bits per heavy atom. The monoisotopic (exact) mass is 899 g/mol. The van der Waals surface area contributed by atoms with Gasteiger partial charge in [0.2, 0.25) is 11.9 Å². The van der Waals surface area contributed by atoms with Crippen molar-refractivity contribution in [2.75, 3.05) is 152 Å². The molecular weight excluding hydrogens is 821 g/mol. The summed E-state index contributed by atoms with van der Waals surface area (Å²) in [7, 11) is 10.8. The molecule has 5 saturated heterocycles. The zero-order valence-corrected chi connectivity index (χ0v) is 40.2. The van der Waals surface area contributed by atoms with Crippen LogP contribution in [0.3, 0.4) is 0 Å². The Balaban J connectivity index is 0.000000194. The molecule has 65 heavy (non-hydrogen) atoms. The van der Waals surface area contributed by atoms with Gasteiger partial charge in [-0.2, -0.15) is 0 Å². The number of amides is 1. The van der Waals surface area contributed by atoms with Gasteiger partial charge in [0.1, 0.15) is 11.5 Å². The van der Waals surface area contributed by atoms with Crippen molar-refractivity contribution in [3.63, 3.8) is 0 Å². The lowest BCUT2D eigenvalue weighted by atomic mass is 9.73. The van der Waals surface area contributed by atoms with E-state index in [9.17, 15) is 4.79 Å². The summed E-state index contributed by atoms with van der Waals surface area (Å²) in [4.78, 5) is 36.3. The van der Waals surface area contributed by atoms with Gasteiger partial charge in [-0.05, 0) is 134 Å². The van der Waals surface area contributed by atoms with Crippen molar-refractivity contribution in [1.29, 1.82) is 0 Å². The third kappa shape index (κ3) is 13.4. The van der Waals surface area contributed by atoms with Crippen LogP contribution in [-0.4, -0.2) is 199 Å². The molecule has 5 aliphatic heterocycles. The van der Waals surface area contributed by atoms with Crippen LogP contribution < -0.4 is 14.4 Å². The molecule has 1 aromatic heterocycles. The molecule has 0 bridgehead atoms. The van der Waals surface area contributed by atoms with Crippen molar-refractivity contribution in [1.82, 2.24) is 34.5 Å². The number of hydrogen-bond acceptors (Lipinski definition) is 13. The van der Waals surface area contributed by atoms with Crippen molar-refractivity contribution < 1.29 is 28.5 Å². The summed E-state index contributed by atoms with van der Waals surface area (Å²) in [5, 5.41) is 0. The highest BCUT2D eigenvalue weighted by Gasteiger charge is 2.44. The first-order valence-corrected chi connectivity index (χ1v) is 24.4. The first kappa shape index (κ1) is 49.0. The van der Waals surface area contributed by atoms with Crippen LogP contribution in [0.4, 0.5) is 5.95 Å². The Hall–Kier alpha value is -3.89. The van der Waals surface area contributed by atoms with Crippen molar-refractivity contribution in [2.24, 2.45) is 0 Å². The second-order valence-electron chi connectivity index (χ2n) is 19.3. The van der Waals surface area contributed by atoms with Crippen molar-refractivity contribution in [3.05, 3.63) is 78.1 Å². The highest BCUT2D eigenvalue weighted by atomic mass is 16.5. The first-order chi connectivity index (χ1) is 31.6. The lowest BCUT2D eigenvalue weighted by Gasteiger charge is -2.41. The normalized spacial score (nSPS) is 22.4. The minimum atomic E-state index is -0.493. The molecule has 0 radical (unpaired) electrons. The zero-order chi connectivity index (χ0) is 45.5. The van der Waals surface area contributed by atoms with Crippen molar-refractivity contribution in [2.45, 2.75) is 74.3 Å². The van der Waals surface area contributed by atoms with Gasteiger partial charge in [-0.25, -0.2) is 9.97 Å². The molecule has 0 N–H and O–H groups in total. The van der Waals surface area contributed by atoms with Gasteiger partial charge in [-0.15, -0.1) is 0 Å². The number of anilines is 1. The van der Waals surface area contributed by atoms with E-state index in [4.69, 9.17) is 23.7 Å². The van der Waals surface area contributed by atoms with Crippen molar-refractivity contribution in [3.8, 4) is 11.5 Å². The van der Waals surface area contributed by atoms with Crippen LogP contribution in [0.5, 0.6) is 11.5 Å². The van der Waals surface area contributed by atoms with Gasteiger partial charge >= 0.3 is 0 Å².